The maximum atomic E-state index is 17.1. The number of ether oxygens (including phenoxy) is 2. The molecule has 2 N–H and O–H groups in total. The van der Waals surface area contributed by atoms with Gasteiger partial charge in [0.05, 0.1) is 12.7 Å². The average molecular weight is 460 g/mol. The summed E-state index contributed by atoms with van der Waals surface area (Å²) in [7, 11) is 0. The van der Waals surface area contributed by atoms with Gasteiger partial charge in [0, 0.05) is 16.7 Å². The molecule has 3 fully saturated rings. The molecule has 0 amide bonds. The molecular weight excluding hydrogens is 431 g/mol. The zero-order valence-corrected chi connectivity index (χ0v) is 19.0. The van der Waals surface area contributed by atoms with Crippen LogP contribution in [-0.4, -0.2) is 51.7 Å². The number of alkyl halides is 1. The molecule has 1 heterocycles. The summed E-state index contributed by atoms with van der Waals surface area (Å²) in [4.78, 5) is 37.6. The first-order valence-electron chi connectivity index (χ1n) is 11.6. The minimum atomic E-state index is -2.02. The number of esters is 1. The number of allylic oxidation sites excluding steroid dienone is 4. The predicted octanol–water partition coefficient (Wildman–Crippen LogP) is 3.03. The van der Waals surface area contributed by atoms with Gasteiger partial charge in [-0.05, 0) is 64.0 Å². The van der Waals surface area contributed by atoms with Gasteiger partial charge in [0.1, 0.15) is 0 Å². The second-order valence-corrected chi connectivity index (χ2v) is 10.5. The number of aliphatic hydroxyl groups excluding tert-OH is 2. The van der Waals surface area contributed by atoms with Crippen molar-refractivity contribution in [3.63, 3.8) is 0 Å². The summed E-state index contributed by atoms with van der Waals surface area (Å²) in [5, 5.41) is 21.8. The second-order valence-electron chi connectivity index (χ2n) is 10.5. The van der Waals surface area contributed by atoms with Crippen LogP contribution in [0.25, 0.3) is 0 Å². The van der Waals surface area contributed by atoms with Crippen LogP contribution in [-0.2, 0) is 23.9 Å². The van der Waals surface area contributed by atoms with Gasteiger partial charge in [-0.25, -0.2) is 9.18 Å². The molecule has 5 rings (SSSR count). The highest BCUT2D eigenvalue weighted by atomic mass is 19.1. The number of aliphatic hydroxyl groups is 2. The average Bonchev–Trinajstić information content (AvgIpc) is 3.19. The van der Waals surface area contributed by atoms with E-state index in [1.54, 1.807) is 26.8 Å². The molecule has 5 aliphatic rings. The smallest absolute Gasteiger partial charge is 0.377 e. The molecule has 3 saturated carbocycles. The van der Waals surface area contributed by atoms with Crippen molar-refractivity contribution in [1.29, 1.82) is 0 Å². The van der Waals surface area contributed by atoms with Crippen LogP contribution in [0.4, 0.5) is 4.39 Å². The maximum absolute atomic E-state index is 17.1. The summed E-state index contributed by atoms with van der Waals surface area (Å²) in [5.74, 6) is -4.00. The first kappa shape index (κ1) is 22.3. The topological polar surface area (TPSA) is 110 Å². The Bertz CT molecular complexity index is 1060. The minimum absolute atomic E-state index is 0.0513. The van der Waals surface area contributed by atoms with E-state index < -0.39 is 57.4 Å². The molecule has 0 saturated heterocycles. The second kappa shape index (κ2) is 6.78. The molecule has 1 aliphatic heterocycles. The van der Waals surface area contributed by atoms with Crippen LogP contribution < -0.4 is 0 Å². The number of fused-ring (bicyclic) bond motifs is 6. The van der Waals surface area contributed by atoms with Crippen molar-refractivity contribution < 1.29 is 38.5 Å². The van der Waals surface area contributed by atoms with E-state index in [1.165, 1.54) is 12.2 Å². The molecular formula is C25H29FO7. The first-order valence-corrected chi connectivity index (χ1v) is 11.6. The van der Waals surface area contributed by atoms with Crippen molar-refractivity contribution >= 4 is 17.5 Å². The normalized spacial score (nSPS) is 46.0. The maximum Gasteiger partial charge on any atom is 0.377 e. The molecule has 178 valence electrons. The summed E-state index contributed by atoms with van der Waals surface area (Å²) in [6.45, 7) is 5.18. The fraction of sp³-hybridized carbons (Fsp3) is 0.640. The van der Waals surface area contributed by atoms with Crippen LogP contribution >= 0.6 is 0 Å². The van der Waals surface area contributed by atoms with Gasteiger partial charge in [-0.15, -0.1) is 0 Å². The third kappa shape index (κ3) is 2.45. The Kier molecular flexibility index (Phi) is 4.58. The summed E-state index contributed by atoms with van der Waals surface area (Å²) in [6.07, 6.45) is 4.50. The van der Waals surface area contributed by atoms with Gasteiger partial charge in [-0.3, -0.25) is 9.59 Å². The molecule has 0 radical (unpaired) electrons. The largest absolute Gasteiger partial charge is 0.501 e. The standard InChI is InChI=1S/C25H29FO7/c1-4-32-21(31)19-18(29)20(30)24(33-19)10-8-15-16-6-5-13-11-14(27)7-9-22(13,2)25(16,26)17(28)12-23(15,24)3/h7,9,11,15-17,28-29H,4-6,8,10,12H2,1-3H3/t15-,16-,17-,22-,23-,24-,25-/m0/s1. The molecule has 1 spiro atoms. The van der Waals surface area contributed by atoms with Crippen molar-refractivity contribution in [1.82, 2.24) is 0 Å². The van der Waals surface area contributed by atoms with Gasteiger partial charge < -0.3 is 19.7 Å². The van der Waals surface area contributed by atoms with Crippen molar-refractivity contribution in [3.8, 4) is 0 Å². The Morgan fingerprint density at radius 2 is 2.00 bits per heavy atom. The lowest BCUT2D eigenvalue weighted by Crippen LogP contribution is -2.68. The lowest BCUT2D eigenvalue weighted by atomic mass is 9.44. The minimum Gasteiger partial charge on any atom is -0.501 e. The molecule has 7 atom stereocenters. The zero-order valence-electron chi connectivity index (χ0n) is 19.0. The fourth-order valence-corrected chi connectivity index (χ4v) is 7.64. The van der Waals surface area contributed by atoms with E-state index in [2.05, 4.69) is 0 Å². The third-order valence-corrected chi connectivity index (χ3v) is 9.30. The van der Waals surface area contributed by atoms with E-state index in [1.807, 2.05) is 0 Å². The molecule has 0 aromatic carbocycles. The number of Topliss-reactive ketones (excluding diaryl/α,β-unsaturated/α-hetero) is 1. The lowest BCUT2D eigenvalue weighted by Gasteiger charge is -2.62. The number of carbonyl (C=O) groups excluding carboxylic acids is 3. The number of hydrogen-bond donors (Lipinski definition) is 2. The van der Waals surface area contributed by atoms with E-state index in [9.17, 15) is 24.6 Å². The van der Waals surface area contributed by atoms with Crippen LogP contribution in [0.1, 0.15) is 52.9 Å². The zero-order chi connectivity index (χ0) is 24.0. The highest BCUT2D eigenvalue weighted by Crippen LogP contribution is 2.71. The Labute approximate surface area is 191 Å². The van der Waals surface area contributed by atoms with Gasteiger partial charge in [-0.2, -0.15) is 0 Å². The predicted molar refractivity (Wildman–Crippen MR) is 113 cm³/mol. The van der Waals surface area contributed by atoms with Gasteiger partial charge in [0.15, 0.2) is 17.1 Å². The number of rotatable bonds is 2. The molecule has 0 bridgehead atoms. The van der Waals surface area contributed by atoms with Gasteiger partial charge in [0.25, 0.3) is 5.76 Å². The van der Waals surface area contributed by atoms with Crippen molar-refractivity contribution in [2.75, 3.05) is 6.61 Å². The number of hydrogen-bond acceptors (Lipinski definition) is 7. The lowest BCUT2D eigenvalue weighted by molar-refractivity contribution is -0.216. The summed E-state index contributed by atoms with van der Waals surface area (Å²) >= 11 is 0. The van der Waals surface area contributed by atoms with Gasteiger partial charge in [0.2, 0.25) is 11.5 Å². The summed E-state index contributed by atoms with van der Waals surface area (Å²) in [5.41, 5.74) is -5.02. The molecule has 0 unspecified atom stereocenters. The van der Waals surface area contributed by atoms with E-state index in [0.29, 0.717) is 24.8 Å². The highest BCUT2D eigenvalue weighted by Gasteiger charge is 2.77. The first-order chi connectivity index (χ1) is 15.5. The van der Waals surface area contributed by atoms with Crippen LogP contribution in [0.5, 0.6) is 0 Å². The van der Waals surface area contributed by atoms with Crippen molar-refractivity contribution in [2.45, 2.75) is 70.2 Å². The number of ketones is 2. The quantitative estimate of drug-likeness (QED) is 0.610. The molecule has 7 nitrogen and oxygen atoms in total. The fourth-order valence-electron chi connectivity index (χ4n) is 7.64. The highest BCUT2D eigenvalue weighted by molar-refractivity contribution is 6.09. The van der Waals surface area contributed by atoms with Crippen molar-refractivity contribution in [2.24, 2.45) is 22.7 Å². The van der Waals surface area contributed by atoms with Gasteiger partial charge >= 0.3 is 5.97 Å². The molecule has 8 heteroatoms. The number of halogens is 1. The molecule has 33 heavy (non-hydrogen) atoms. The third-order valence-electron chi connectivity index (χ3n) is 9.30. The van der Waals surface area contributed by atoms with Crippen LogP contribution in [0, 0.1) is 22.7 Å². The Morgan fingerprint density at radius 3 is 2.70 bits per heavy atom. The summed E-state index contributed by atoms with van der Waals surface area (Å²) < 4.78 is 28.0. The molecule has 0 aromatic heterocycles. The van der Waals surface area contributed by atoms with E-state index in [-0.39, 0.29) is 31.1 Å². The Balaban J connectivity index is 1.55. The molecule has 0 aromatic rings. The van der Waals surface area contributed by atoms with Crippen LogP contribution in [0.3, 0.4) is 0 Å². The monoisotopic (exact) mass is 460 g/mol. The van der Waals surface area contributed by atoms with Gasteiger partial charge in [-0.1, -0.05) is 18.6 Å². The van der Waals surface area contributed by atoms with E-state index >= 15 is 4.39 Å². The van der Waals surface area contributed by atoms with Crippen LogP contribution in [0.15, 0.2) is 35.3 Å². The summed E-state index contributed by atoms with van der Waals surface area (Å²) in [6, 6.07) is 0. The van der Waals surface area contributed by atoms with E-state index in [4.69, 9.17) is 9.47 Å². The van der Waals surface area contributed by atoms with Crippen molar-refractivity contribution in [3.05, 3.63) is 35.3 Å². The van der Waals surface area contributed by atoms with E-state index in [0.717, 1.165) is 0 Å². The Morgan fingerprint density at radius 1 is 1.27 bits per heavy atom. The molecule has 4 aliphatic carbocycles. The number of carbonyl (C=O) groups is 3. The SMILES string of the molecule is CCOC(=O)C1=C(O)C(=O)[C@]2(CC[C@H]3[C@@H]4CCC5=CC(=O)C=C[C@]5(C)[C@@]4(F)[C@@H](O)C[C@@]32C)O1. The van der Waals surface area contributed by atoms with Crippen LogP contribution in [0.2, 0.25) is 0 Å². The Hall–Kier alpha value is -2.48.